The van der Waals surface area contributed by atoms with Crippen molar-refractivity contribution in [2.75, 3.05) is 12.4 Å². The second kappa shape index (κ2) is 6.66. The molecule has 0 saturated carbocycles. The molecule has 1 rings (SSSR count). The first kappa shape index (κ1) is 15.6. The molecule has 1 heterocycles. The van der Waals surface area contributed by atoms with Gasteiger partial charge in [-0.3, -0.25) is 10.1 Å². The SMILES string of the molecule is O=C(O)[C@@H]1CSC([C@H](O)[C@@H](O)[C@@H](O)[C@H](O)CO)N1. The first-order valence-electron chi connectivity index (χ1n) is 5.32. The molecule has 0 aromatic carbocycles. The molecule has 1 unspecified atom stereocenters. The number of thioether (sulfide) groups is 1. The van der Waals surface area contributed by atoms with E-state index in [-0.39, 0.29) is 5.75 Å². The van der Waals surface area contributed by atoms with E-state index in [2.05, 4.69) is 5.32 Å². The molecule has 0 amide bonds. The van der Waals surface area contributed by atoms with Crippen LogP contribution in [0.1, 0.15) is 0 Å². The van der Waals surface area contributed by atoms with Crippen LogP contribution < -0.4 is 5.32 Å². The number of rotatable bonds is 6. The van der Waals surface area contributed by atoms with Crippen molar-refractivity contribution in [1.82, 2.24) is 5.32 Å². The molecule has 1 aliphatic rings. The van der Waals surface area contributed by atoms with Gasteiger partial charge in [0.1, 0.15) is 30.5 Å². The Kier molecular flexibility index (Phi) is 5.79. The van der Waals surface area contributed by atoms with Gasteiger partial charge in [-0.2, -0.15) is 0 Å². The number of carboxylic acid groups (broad SMARTS) is 1. The molecule has 9 heteroatoms. The highest BCUT2D eigenvalue weighted by molar-refractivity contribution is 8.00. The topological polar surface area (TPSA) is 150 Å². The average molecular weight is 283 g/mol. The van der Waals surface area contributed by atoms with Crippen molar-refractivity contribution in [3.05, 3.63) is 0 Å². The summed E-state index contributed by atoms with van der Waals surface area (Å²) in [6, 6.07) is -0.832. The van der Waals surface area contributed by atoms with Crippen LogP contribution in [0, 0.1) is 0 Å². The molecule has 0 spiro atoms. The summed E-state index contributed by atoms with van der Waals surface area (Å²) >= 11 is 1.09. The smallest absolute Gasteiger partial charge is 0.321 e. The van der Waals surface area contributed by atoms with Gasteiger partial charge in [0, 0.05) is 5.75 Å². The minimum Gasteiger partial charge on any atom is -0.480 e. The van der Waals surface area contributed by atoms with Crippen molar-refractivity contribution < 1.29 is 35.4 Å². The van der Waals surface area contributed by atoms with Gasteiger partial charge in [0.25, 0.3) is 0 Å². The zero-order valence-corrected chi connectivity index (χ0v) is 10.2. The maximum absolute atomic E-state index is 10.7. The Morgan fingerprint density at radius 2 is 1.89 bits per heavy atom. The van der Waals surface area contributed by atoms with Crippen LogP contribution in [0.15, 0.2) is 0 Å². The van der Waals surface area contributed by atoms with E-state index >= 15 is 0 Å². The van der Waals surface area contributed by atoms with E-state index in [1.54, 1.807) is 0 Å². The van der Waals surface area contributed by atoms with E-state index in [9.17, 15) is 20.1 Å². The van der Waals surface area contributed by atoms with Crippen molar-refractivity contribution in [3.63, 3.8) is 0 Å². The number of carbonyl (C=O) groups is 1. The maximum Gasteiger partial charge on any atom is 0.321 e. The van der Waals surface area contributed by atoms with Crippen LogP contribution in [-0.2, 0) is 4.79 Å². The summed E-state index contributed by atoms with van der Waals surface area (Å²) in [7, 11) is 0. The van der Waals surface area contributed by atoms with Gasteiger partial charge in [-0.1, -0.05) is 0 Å². The van der Waals surface area contributed by atoms with Gasteiger partial charge in [0.2, 0.25) is 0 Å². The zero-order valence-electron chi connectivity index (χ0n) is 9.38. The number of hydrogen-bond acceptors (Lipinski definition) is 8. The van der Waals surface area contributed by atoms with Crippen molar-refractivity contribution in [2.24, 2.45) is 0 Å². The summed E-state index contributed by atoms with van der Waals surface area (Å²) in [5, 5.41) is 57.1. The molecule has 1 fully saturated rings. The lowest BCUT2D eigenvalue weighted by molar-refractivity contribution is -0.139. The lowest BCUT2D eigenvalue weighted by Gasteiger charge is -2.28. The molecule has 0 aromatic heterocycles. The molecule has 8 nitrogen and oxygen atoms in total. The van der Waals surface area contributed by atoms with Crippen LogP contribution in [0.5, 0.6) is 0 Å². The Labute approximate surface area is 107 Å². The van der Waals surface area contributed by atoms with Crippen molar-refractivity contribution in [2.45, 2.75) is 35.8 Å². The molecule has 0 aliphatic carbocycles. The van der Waals surface area contributed by atoms with Crippen LogP contribution in [0.2, 0.25) is 0 Å². The molecule has 6 atom stereocenters. The molecule has 106 valence electrons. The molecule has 1 saturated heterocycles. The number of nitrogens with one attached hydrogen (secondary N) is 1. The molecule has 7 N–H and O–H groups in total. The Hall–Kier alpha value is -0.420. The van der Waals surface area contributed by atoms with Crippen LogP contribution in [-0.4, -0.2) is 84.8 Å². The third-order valence-corrected chi connectivity index (χ3v) is 4.00. The highest BCUT2D eigenvalue weighted by atomic mass is 32.2. The first-order chi connectivity index (χ1) is 8.38. The fraction of sp³-hybridized carbons (Fsp3) is 0.889. The standard InChI is InChI=1S/C9H17NO7S/c11-1-4(12)5(13)6(14)7(15)8-10-3(2-18-8)9(16)17/h3-8,10-15H,1-2H2,(H,16,17)/t3-,4+,5-,6-,7+,8?/m0/s1. The number of aliphatic carboxylic acids is 1. The Bertz CT molecular complexity index is 292. The van der Waals surface area contributed by atoms with Crippen LogP contribution in [0.4, 0.5) is 0 Å². The number of carboxylic acids is 1. The summed E-state index contributed by atoms with van der Waals surface area (Å²) in [5.41, 5.74) is 0. The van der Waals surface area contributed by atoms with E-state index in [4.69, 9.17) is 15.3 Å². The summed E-state index contributed by atoms with van der Waals surface area (Å²) in [6.07, 6.45) is -6.44. The Morgan fingerprint density at radius 1 is 1.28 bits per heavy atom. The van der Waals surface area contributed by atoms with E-state index < -0.39 is 48.4 Å². The largest absolute Gasteiger partial charge is 0.480 e. The predicted molar refractivity (Wildman–Crippen MR) is 61.9 cm³/mol. The summed E-state index contributed by atoms with van der Waals surface area (Å²) in [4.78, 5) is 10.7. The number of aliphatic hydroxyl groups excluding tert-OH is 5. The van der Waals surface area contributed by atoms with E-state index in [0.29, 0.717) is 0 Å². The second-order valence-corrected chi connectivity index (χ2v) is 5.21. The van der Waals surface area contributed by atoms with Gasteiger partial charge < -0.3 is 30.6 Å². The van der Waals surface area contributed by atoms with Gasteiger partial charge in [0.15, 0.2) is 0 Å². The van der Waals surface area contributed by atoms with Crippen LogP contribution in [0.3, 0.4) is 0 Å². The van der Waals surface area contributed by atoms with E-state index in [1.807, 2.05) is 0 Å². The normalized spacial score (nSPS) is 30.7. The zero-order chi connectivity index (χ0) is 13.9. The number of aliphatic hydroxyl groups is 5. The molecular weight excluding hydrogens is 266 g/mol. The minimum atomic E-state index is -1.71. The molecular formula is C9H17NO7S. The maximum atomic E-state index is 10.7. The van der Waals surface area contributed by atoms with E-state index in [1.165, 1.54) is 0 Å². The Morgan fingerprint density at radius 3 is 2.33 bits per heavy atom. The van der Waals surface area contributed by atoms with Gasteiger partial charge >= 0.3 is 5.97 Å². The fourth-order valence-electron chi connectivity index (χ4n) is 1.55. The summed E-state index contributed by atoms with van der Waals surface area (Å²) < 4.78 is 0. The molecule has 18 heavy (non-hydrogen) atoms. The fourth-order valence-corrected chi connectivity index (χ4v) is 2.81. The predicted octanol–water partition coefficient (Wildman–Crippen LogP) is -3.46. The Balaban J connectivity index is 2.54. The lowest BCUT2D eigenvalue weighted by atomic mass is 10.0. The first-order valence-corrected chi connectivity index (χ1v) is 6.37. The second-order valence-electron chi connectivity index (χ2n) is 4.03. The molecule has 0 radical (unpaired) electrons. The highest BCUT2D eigenvalue weighted by Crippen LogP contribution is 2.24. The summed E-state index contributed by atoms with van der Waals surface area (Å²) in [5.74, 6) is -0.842. The van der Waals surface area contributed by atoms with Gasteiger partial charge in [-0.25, -0.2) is 0 Å². The molecule has 0 aromatic rings. The third-order valence-electron chi connectivity index (χ3n) is 2.70. The van der Waals surface area contributed by atoms with Gasteiger partial charge in [0.05, 0.1) is 12.0 Å². The van der Waals surface area contributed by atoms with Gasteiger partial charge in [-0.15, -0.1) is 11.8 Å². The van der Waals surface area contributed by atoms with Crippen molar-refractivity contribution in [3.8, 4) is 0 Å². The average Bonchev–Trinajstić information content (AvgIpc) is 2.84. The van der Waals surface area contributed by atoms with Crippen LogP contribution in [0.25, 0.3) is 0 Å². The molecule has 0 bridgehead atoms. The van der Waals surface area contributed by atoms with Crippen molar-refractivity contribution in [1.29, 1.82) is 0 Å². The minimum absolute atomic E-state index is 0.225. The summed E-state index contributed by atoms with van der Waals surface area (Å²) in [6.45, 7) is -0.756. The van der Waals surface area contributed by atoms with Gasteiger partial charge in [-0.05, 0) is 0 Å². The van der Waals surface area contributed by atoms with E-state index in [0.717, 1.165) is 11.8 Å². The lowest BCUT2D eigenvalue weighted by Crippen LogP contribution is -2.52. The molecule has 1 aliphatic heterocycles. The third kappa shape index (κ3) is 3.54. The van der Waals surface area contributed by atoms with Crippen molar-refractivity contribution >= 4 is 17.7 Å². The monoisotopic (exact) mass is 283 g/mol. The highest BCUT2D eigenvalue weighted by Gasteiger charge is 2.40. The quantitative estimate of drug-likeness (QED) is 0.264. The number of hydrogen-bond donors (Lipinski definition) is 7. The van der Waals surface area contributed by atoms with Crippen LogP contribution >= 0.6 is 11.8 Å².